The van der Waals surface area contributed by atoms with Crippen LogP contribution < -0.4 is 5.43 Å². The molecule has 0 unspecified atom stereocenters. The number of nitrogens with one attached hydrogen (secondary N) is 1. The molecule has 4 heteroatoms. The summed E-state index contributed by atoms with van der Waals surface area (Å²) in [6.07, 6.45) is 7.87. The largest absolute Gasteiger partial charge is 0.478 e. The second-order valence-corrected chi connectivity index (χ2v) is 7.01. The standard InChI is InChI=1S/C20H26N2O2/c1-14-6-5-13-20(3,4)18(14)12-7-15(2)21-22-17-10-8-16(9-11-17)19(23)24/h7-12,22H,5-6,13H2,1-4H3,(H,23,24)/b12-7+,21-15+. The fraction of sp³-hybridized carbons (Fsp3) is 0.400. The normalized spacial score (nSPS) is 18.1. The minimum Gasteiger partial charge on any atom is -0.478 e. The van der Waals surface area contributed by atoms with Crippen LogP contribution in [0.3, 0.4) is 0 Å². The van der Waals surface area contributed by atoms with Crippen LogP contribution in [0.25, 0.3) is 0 Å². The Kier molecular flexibility index (Phi) is 5.60. The quantitative estimate of drug-likeness (QED) is 0.573. The van der Waals surface area contributed by atoms with Gasteiger partial charge in [0.15, 0.2) is 0 Å². The van der Waals surface area contributed by atoms with Gasteiger partial charge >= 0.3 is 5.97 Å². The van der Waals surface area contributed by atoms with E-state index in [-0.39, 0.29) is 11.0 Å². The van der Waals surface area contributed by atoms with Crippen molar-refractivity contribution in [1.29, 1.82) is 0 Å². The molecular weight excluding hydrogens is 300 g/mol. The first-order chi connectivity index (χ1) is 11.3. The fourth-order valence-electron chi connectivity index (χ4n) is 3.09. The number of allylic oxidation sites excluding steroid dienone is 4. The zero-order valence-corrected chi connectivity index (χ0v) is 14.9. The Balaban J connectivity index is 2.04. The summed E-state index contributed by atoms with van der Waals surface area (Å²) < 4.78 is 0. The van der Waals surface area contributed by atoms with E-state index in [0.717, 1.165) is 11.4 Å². The van der Waals surface area contributed by atoms with Gasteiger partial charge in [-0.05, 0) is 74.4 Å². The molecule has 2 N–H and O–H groups in total. The number of hydrogen-bond acceptors (Lipinski definition) is 3. The van der Waals surface area contributed by atoms with E-state index in [1.165, 1.54) is 30.4 Å². The van der Waals surface area contributed by atoms with Gasteiger partial charge in [-0.2, -0.15) is 5.10 Å². The van der Waals surface area contributed by atoms with Gasteiger partial charge in [-0.3, -0.25) is 5.43 Å². The first-order valence-corrected chi connectivity index (χ1v) is 8.31. The summed E-state index contributed by atoms with van der Waals surface area (Å²) in [5.74, 6) is -0.928. The summed E-state index contributed by atoms with van der Waals surface area (Å²) >= 11 is 0. The number of nitrogens with zero attached hydrogens (tertiary/aromatic N) is 1. The van der Waals surface area contributed by atoms with Crippen molar-refractivity contribution >= 4 is 17.4 Å². The van der Waals surface area contributed by atoms with Crippen LogP contribution >= 0.6 is 0 Å². The van der Waals surface area contributed by atoms with Crippen LogP contribution in [0.1, 0.15) is 57.3 Å². The number of carboxylic acid groups (broad SMARTS) is 1. The van der Waals surface area contributed by atoms with E-state index < -0.39 is 5.97 Å². The summed E-state index contributed by atoms with van der Waals surface area (Å²) in [7, 11) is 0. The highest BCUT2D eigenvalue weighted by molar-refractivity contribution is 5.93. The van der Waals surface area contributed by atoms with Gasteiger partial charge < -0.3 is 5.11 Å². The van der Waals surface area contributed by atoms with E-state index in [0.29, 0.717) is 0 Å². The first-order valence-electron chi connectivity index (χ1n) is 8.31. The third-order valence-electron chi connectivity index (χ3n) is 4.53. The lowest BCUT2D eigenvalue weighted by Crippen LogP contribution is -2.19. The smallest absolute Gasteiger partial charge is 0.335 e. The number of benzene rings is 1. The molecule has 0 radical (unpaired) electrons. The van der Waals surface area contributed by atoms with Crippen molar-refractivity contribution in [3.05, 3.63) is 53.1 Å². The van der Waals surface area contributed by atoms with Gasteiger partial charge in [-0.25, -0.2) is 4.79 Å². The van der Waals surface area contributed by atoms with E-state index in [9.17, 15) is 4.79 Å². The predicted octanol–water partition coefficient (Wildman–Crippen LogP) is 5.26. The monoisotopic (exact) mass is 326 g/mol. The summed E-state index contributed by atoms with van der Waals surface area (Å²) in [5.41, 5.74) is 7.96. The van der Waals surface area contributed by atoms with Crippen molar-refractivity contribution < 1.29 is 9.90 Å². The number of aromatic carboxylic acids is 1. The molecule has 0 heterocycles. The number of carbonyl (C=O) groups is 1. The highest BCUT2D eigenvalue weighted by Gasteiger charge is 2.26. The second-order valence-electron chi connectivity index (χ2n) is 7.01. The van der Waals surface area contributed by atoms with Crippen molar-refractivity contribution in [3.8, 4) is 0 Å². The van der Waals surface area contributed by atoms with Crippen LogP contribution in [-0.2, 0) is 0 Å². The number of hydrogen-bond donors (Lipinski definition) is 2. The zero-order valence-electron chi connectivity index (χ0n) is 14.9. The van der Waals surface area contributed by atoms with Crippen LogP contribution in [0.15, 0.2) is 52.7 Å². The molecule has 0 saturated heterocycles. The molecule has 1 aromatic carbocycles. The van der Waals surface area contributed by atoms with E-state index >= 15 is 0 Å². The highest BCUT2D eigenvalue weighted by Crippen LogP contribution is 2.40. The molecular formula is C20H26N2O2. The van der Waals surface area contributed by atoms with Crippen LogP contribution in [0.2, 0.25) is 0 Å². The average molecular weight is 326 g/mol. The van der Waals surface area contributed by atoms with E-state index in [1.54, 1.807) is 24.3 Å². The second kappa shape index (κ2) is 7.47. The maximum absolute atomic E-state index is 10.8. The third kappa shape index (κ3) is 4.57. The zero-order chi connectivity index (χ0) is 17.7. The van der Waals surface area contributed by atoms with Gasteiger partial charge in [0.1, 0.15) is 0 Å². The molecule has 1 aromatic rings. The fourth-order valence-corrected chi connectivity index (χ4v) is 3.09. The molecule has 4 nitrogen and oxygen atoms in total. The molecule has 0 amide bonds. The minimum atomic E-state index is -0.928. The SMILES string of the molecule is CC1=C(/C=C/C(C)=N/Nc2ccc(C(=O)O)cc2)C(C)(C)CCC1. The average Bonchev–Trinajstić information content (AvgIpc) is 2.52. The first kappa shape index (κ1) is 18.0. The summed E-state index contributed by atoms with van der Waals surface area (Å²) in [6.45, 7) is 8.75. The van der Waals surface area contributed by atoms with Crippen LogP contribution in [0.5, 0.6) is 0 Å². The summed E-state index contributed by atoms with van der Waals surface area (Å²) in [6, 6.07) is 6.54. The van der Waals surface area contributed by atoms with Gasteiger partial charge in [0.2, 0.25) is 0 Å². The Morgan fingerprint density at radius 3 is 2.54 bits per heavy atom. The predicted molar refractivity (Wildman–Crippen MR) is 99.6 cm³/mol. The summed E-state index contributed by atoms with van der Waals surface area (Å²) in [5, 5.41) is 13.2. The lowest BCUT2D eigenvalue weighted by molar-refractivity contribution is 0.0697. The molecule has 0 aromatic heterocycles. The Hall–Kier alpha value is -2.36. The molecule has 0 atom stereocenters. The molecule has 2 rings (SSSR count). The van der Waals surface area contributed by atoms with Crippen LogP contribution in [0, 0.1) is 5.41 Å². The Labute approximate surface area is 144 Å². The van der Waals surface area contributed by atoms with Crippen molar-refractivity contribution in [2.75, 3.05) is 5.43 Å². The van der Waals surface area contributed by atoms with E-state index in [1.807, 2.05) is 13.0 Å². The van der Waals surface area contributed by atoms with Gasteiger partial charge in [0.05, 0.1) is 17.0 Å². The maximum atomic E-state index is 10.8. The maximum Gasteiger partial charge on any atom is 0.335 e. The van der Waals surface area contributed by atoms with Crippen molar-refractivity contribution in [2.45, 2.75) is 47.0 Å². The Bertz CT molecular complexity index is 695. The van der Waals surface area contributed by atoms with Gasteiger partial charge in [-0.15, -0.1) is 0 Å². The molecule has 0 spiro atoms. The highest BCUT2D eigenvalue weighted by atomic mass is 16.4. The lowest BCUT2D eigenvalue weighted by atomic mass is 9.72. The van der Waals surface area contributed by atoms with E-state index in [2.05, 4.69) is 37.4 Å². The number of hydrazone groups is 1. The molecule has 128 valence electrons. The van der Waals surface area contributed by atoms with E-state index in [4.69, 9.17) is 5.11 Å². The molecule has 0 bridgehead atoms. The summed E-state index contributed by atoms with van der Waals surface area (Å²) in [4.78, 5) is 10.8. The lowest BCUT2D eigenvalue weighted by Gasteiger charge is -2.32. The van der Waals surface area contributed by atoms with Gasteiger partial charge in [0.25, 0.3) is 0 Å². The van der Waals surface area contributed by atoms with Crippen molar-refractivity contribution in [3.63, 3.8) is 0 Å². The Morgan fingerprint density at radius 1 is 1.29 bits per heavy atom. The van der Waals surface area contributed by atoms with Crippen LogP contribution in [0.4, 0.5) is 5.69 Å². The molecule has 0 aliphatic heterocycles. The number of rotatable bonds is 5. The minimum absolute atomic E-state index is 0.221. The molecule has 1 aliphatic rings. The molecule has 0 fully saturated rings. The molecule has 0 saturated carbocycles. The van der Waals surface area contributed by atoms with Gasteiger partial charge in [0, 0.05) is 0 Å². The molecule has 24 heavy (non-hydrogen) atoms. The van der Waals surface area contributed by atoms with Gasteiger partial charge in [-0.1, -0.05) is 25.5 Å². The number of anilines is 1. The molecule has 1 aliphatic carbocycles. The topological polar surface area (TPSA) is 61.7 Å². The third-order valence-corrected chi connectivity index (χ3v) is 4.53. The van der Waals surface area contributed by atoms with Crippen molar-refractivity contribution in [2.24, 2.45) is 10.5 Å². The van der Waals surface area contributed by atoms with Crippen molar-refractivity contribution in [1.82, 2.24) is 0 Å². The Morgan fingerprint density at radius 2 is 1.96 bits per heavy atom. The van der Waals surface area contributed by atoms with Crippen LogP contribution in [-0.4, -0.2) is 16.8 Å². The number of carboxylic acids is 1.